The average Bonchev–Trinajstić information content (AvgIpc) is 2.82. The zero-order valence-electron chi connectivity index (χ0n) is 8.98. The van der Waals surface area contributed by atoms with Gasteiger partial charge in [-0.2, -0.15) is 0 Å². The fourth-order valence-electron chi connectivity index (χ4n) is 1.35. The molecule has 1 aromatic carbocycles. The first-order chi connectivity index (χ1) is 8.20. The highest BCUT2D eigenvalue weighted by atomic mass is 35.5. The SMILES string of the molecule is COc1cc(Cl)cc(CNc2cnns2)c1O. The Morgan fingerprint density at radius 2 is 2.35 bits per heavy atom. The van der Waals surface area contributed by atoms with Crippen molar-refractivity contribution in [1.82, 2.24) is 9.59 Å². The van der Waals surface area contributed by atoms with Crippen molar-refractivity contribution >= 4 is 28.1 Å². The van der Waals surface area contributed by atoms with Gasteiger partial charge in [0.2, 0.25) is 0 Å². The van der Waals surface area contributed by atoms with Gasteiger partial charge in [0.1, 0.15) is 5.00 Å². The van der Waals surface area contributed by atoms with E-state index in [0.29, 0.717) is 22.9 Å². The normalized spacial score (nSPS) is 10.2. The number of phenolic OH excluding ortho intramolecular Hbond substituents is 1. The molecule has 0 amide bonds. The van der Waals surface area contributed by atoms with Crippen molar-refractivity contribution in [2.45, 2.75) is 6.54 Å². The maximum absolute atomic E-state index is 9.89. The molecule has 0 fully saturated rings. The van der Waals surface area contributed by atoms with Gasteiger partial charge in [-0.1, -0.05) is 16.1 Å². The Kier molecular flexibility index (Phi) is 3.65. The molecule has 17 heavy (non-hydrogen) atoms. The van der Waals surface area contributed by atoms with Crippen LogP contribution in [0.25, 0.3) is 0 Å². The molecule has 1 heterocycles. The van der Waals surface area contributed by atoms with Crippen LogP contribution in [-0.2, 0) is 6.54 Å². The smallest absolute Gasteiger partial charge is 0.162 e. The minimum atomic E-state index is 0.0851. The molecule has 0 radical (unpaired) electrons. The fourth-order valence-corrected chi connectivity index (χ4v) is 1.99. The number of hydrogen-bond donors (Lipinski definition) is 2. The number of nitrogens with zero attached hydrogens (tertiary/aromatic N) is 2. The number of hydrogen-bond acceptors (Lipinski definition) is 6. The molecular weight excluding hydrogens is 262 g/mol. The Morgan fingerprint density at radius 3 is 3.00 bits per heavy atom. The molecule has 0 aliphatic carbocycles. The number of nitrogens with one attached hydrogen (secondary N) is 1. The molecule has 0 bridgehead atoms. The Bertz CT molecular complexity index is 505. The zero-order valence-corrected chi connectivity index (χ0v) is 10.5. The van der Waals surface area contributed by atoms with Crippen LogP contribution in [0.4, 0.5) is 5.00 Å². The summed E-state index contributed by atoms with van der Waals surface area (Å²) in [7, 11) is 1.48. The van der Waals surface area contributed by atoms with E-state index in [4.69, 9.17) is 16.3 Å². The lowest BCUT2D eigenvalue weighted by atomic mass is 10.2. The third-order valence-corrected chi connectivity index (χ3v) is 2.99. The molecule has 7 heteroatoms. The van der Waals surface area contributed by atoms with Gasteiger partial charge < -0.3 is 15.2 Å². The molecule has 0 aliphatic heterocycles. The van der Waals surface area contributed by atoms with Crippen LogP contribution in [0.2, 0.25) is 5.02 Å². The molecule has 2 rings (SSSR count). The predicted molar refractivity (Wildman–Crippen MR) is 66.9 cm³/mol. The van der Waals surface area contributed by atoms with Gasteiger partial charge in [-0.15, -0.1) is 5.10 Å². The van der Waals surface area contributed by atoms with E-state index < -0.39 is 0 Å². The second kappa shape index (κ2) is 5.20. The zero-order chi connectivity index (χ0) is 12.3. The number of ether oxygens (including phenoxy) is 1. The van der Waals surface area contributed by atoms with Crippen molar-refractivity contribution in [2.24, 2.45) is 0 Å². The molecule has 0 unspecified atom stereocenters. The monoisotopic (exact) mass is 271 g/mol. The number of rotatable bonds is 4. The van der Waals surface area contributed by atoms with E-state index in [-0.39, 0.29) is 5.75 Å². The van der Waals surface area contributed by atoms with E-state index in [1.165, 1.54) is 18.6 Å². The van der Waals surface area contributed by atoms with Crippen molar-refractivity contribution in [3.8, 4) is 11.5 Å². The van der Waals surface area contributed by atoms with Gasteiger partial charge in [0.15, 0.2) is 11.5 Å². The van der Waals surface area contributed by atoms with Crippen LogP contribution >= 0.6 is 23.1 Å². The van der Waals surface area contributed by atoms with E-state index in [2.05, 4.69) is 14.9 Å². The van der Waals surface area contributed by atoms with Crippen LogP contribution in [0.15, 0.2) is 18.3 Å². The molecule has 1 aromatic heterocycles. The molecule has 90 valence electrons. The Hall–Kier alpha value is -1.53. The van der Waals surface area contributed by atoms with Gasteiger partial charge in [-0.05, 0) is 6.07 Å². The van der Waals surface area contributed by atoms with Crippen LogP contribution in [0.1, 0.15) is 5.56 Å². The predicted octanol–water partition coefficient (Wildman–Crippen LogP) is 2.52. The molecule has 2 aromatic rings. The summed E-state index contributed by atoms with van der Waals surface area (Å²) in [6.07, 6.45) is 1.61. The summed E-state index contributed by atoms with van der Waals surface area (Å²) in [4.78, 5) is 0. The van der Waals surface area contributed by atoms with E-state index in [1.807, 2.05) is 0 Å². The first-order valence-electron chi connectivity index (χ1n) is 4.77. The number of aromatic nitrogens is 2. The van der Waals surface area contributed by atoms with Crippen molar-refractivity contribution in [2.75, 3.05) is 12.4 Å². The van der Waals surface area contributed by atoms with Crippen molar-refractivity contribution in [3.05, 3.63) is 28.9 Å². The third kappa shape index (κ3) is 2.78. The summed E-state index contributed by atoms with van der Waals surface area (Å²) < 4.78 is 8.74. The molecule has 0 atom stereocenters. The number of halogens is 1. The summed E-state index contributed by atoms with van der Waals surface area (Å²) in [5.74, 6) is 0.443. The van der Waals surface area contributed by atoms with E-state index in [1.54, 1.807) is 18.3 Å². The molecular formula is C10H10ClN3O2S. The van der Waals surface area contributed by atoms with E-state index >= 15 is 0 Å². The van der Waals surface area contributed by atoms with Crippen LogP contribution < -0.4 is 10.1 Å². The van der Waals surface area contributed by atoms with Crippen LogP contribution in [-0.4, -0.2) is 21.8 Å². The van der Waals surface area contributed by atoms with Crippen LogP contribution in [0.3, 0.4) is 0 Å². The van der Waals surface area contributed by atoms with Gasteiger partial charge in [0, 0.05) is 34.7 Å². The van der Waals surface area contributed by atoms with Crippen molar-refractivity contribution in [1.29, 1.82) is 0 Å². The summed E-state index contributed by atoms with van der Waals surface area (Å²) in [5.41, 5.74) is 0.655. The topological polar surface area (TPSA) is 67.3 Å². The third-order valence-electron chi connectivity index (χ3n) is 2.15. The molecule has 0 saturated heterocycles. The summed E-state index contributed by atoms with van der Waals surface area (Å²) in [5, 5.41) is 18.0. The number of methoxy groups -OCH3 is 1. The minimum absolute atomic E-state index is 0.0851. The van der Waals surface area contributed by atoms with Crippen LogP contribution in [0, 0.1) is 0 Å². The second-order valence-electron chi connectivity index (χ2n) is 3.25. The van der Waals surface area contributed by atoms with Gasteiger partial charge in [0.25, 0.3) is 0 Å². The highest BCUT2D eigenvalue weighted by molar-refractivity contribution is 7.09. The maximum atomic E-state index is 9.89. The minimum Gasteiger partial charge on any atom is -0.504 e. The number of anilines is 1. The second-order valence-corrected chi connectivity index (χ2v) is 4.47. The molecule has 0 saturated carbocycles. The summed E-state index contributed by atoms with van der Waals surface area (Å²) in [6, 6.07) is 3.25. The molecule has 0 spiro atoms. The van der Waals surface area contributed by atoms with Gasteiger partial charge in [-0.25, -0.2) is 0 Å². The van der Waals surface area contributed by atoms with Crippen molar-refractivity contribution < 1.29 is 9.84 Å². The fraction of sp³-hybridized carbons (Fsp3) is 0.200. The largest absolute Gasteiger partial charge is 0.504 e. The maximum Gasteiger partial charge on any atom is 0.162 e. The average molecular weight is 272 g/mol. The Morgan fingerprint density at radius 1 is 1.53 bits per heavy atom. The van der Waals surface area contributed by atoms with Gasteiger partial charge >= 0.3 is 0 Å². The van der Waals surface area contributed by atoms with Gasteiger partial charge in [-0.3, -0.25) is 0 Å². The number of benzene rings is 1. The summed E-state index contributed by atoms with van der Waals surface area (Å²) in [6.45, 7) is 0.423. The summed E-state index contributed by atoms with van der Waals surface area (Å²) >= 11 is 7.16. The highest BCUT2D eigenvalue weighted by Crippen LogP contribution is 2.33. The molecule has 5 nitrogen and oxygen atoms in total. The lowest BCUT2D eigenvalue weighted by Gasteiger charge is -2.10. The quantitative estimate of drug-likeness (QED) is 0.894. The van der Waals surface area contributed by atoms with Crippen LogP contribution in [0.5, 0.6) is 11.5 Å². The lowest BCUT2D eigenvalue weighted by molar-refractivity contribution is 0.371. The Labute approximate surface area is 107 Å². The van der Waals surface area contributed by atoms with E-state index in [9.17, 15) is 5.11 Å². The lowest BCUT2D eigenvalue weighted by Crippen LogP contribution is -1.99. The first kappa shape index (κ1) is 11.9. The molecule has 2 N–H and O–H groups in total. The first-order valence-corrected chi connectivity index (χ1v) is 5.92. The Balaban J connectivity index is 2.17. The van der Waals surface area contributed by atoms with Gasteiger partial charge in [0.05, 0.1) is 13.3 Å². The standard InChI is InChI=1S/C10H10ClN3O2S/c1-16-8-3-7(11)2-6(10(8)15)4-12-9-5-13-14-17-9/h2-3,5,12,15H,4H2,1H3. The van der Waals surface area contributed by atoms with E-state index in [0.717, 1.165) is 5.00 Å². The number of phenols is 1. The molecule has 0 aliphatic rings. The van der Waals surface area contributed by atoms with Crippen molar-refractivity contribution in [3.63, 3.8) is 0 Å². The number of aromatic hydroxyl groups is 1. The highest BCUT2D eigenvalue weighted by Gasteiger charge is 2.10.